The Hall–Kier alpha value is -2.06. The largest absolute Gasteiger partial charge is 0.372 e. The number of nitrogens with two attached hydrogens (primary N) is 2. The van der Waals surface area contributed by atoms with Gasteiger partial charge in [-0.15, -0.1) is 11.6 Å². The van der Waals surface area contributed by atoms with Crippen molar-refractivity contribution in [2.75, 3.05) is 36.8 Å². The smallest absolute Gasteiger partial charge is 0.350 e. The monoisotopic (exact) mass is 397 g/mol. The third-order valence-electron chi connectivity index (χ3n) is 5.24. The second-order valence-electron chi connectivity index (χ2n) is 7.25. The Labute approximate surface area is 161 Å². The predicted molar refractivity (Wildman–Crippen MR) is 107 cm³/mol. The van der Waals surface area contributed by atoms with Gasteiger partial charge in [-0.25, -0.2) is 9.18 Å². The van der Waals surface area contributed by atoms with E-state index >= 15 is 0 Å². The zero-order chi connectivity index (χ0) is 19.9. The lowest BCUT2D eigenvalue weighted by atomic mass is 10.0. The van der Waals surface area contributed by atoms with Crippen molar-refractivity contribution >= 4 is 28.2 Å². The first kappa shape index (κ1) is 19.7. The van der Waals surface area contributed by atoms with Crippen molar-refractivity contribution in [3.63, 3.8) is 0 Å². The molecule has 2 aromatic rings. The van der Waals surface area contributed by atoms with Crippen molar-refractivity contribution in [3.8, 4) is 0 Å². The number of nitrogen functional groups attached to an aromatic ring is 1. The third kappa shape index (κ3) is 3.43. The average Bonchev–Trinajstić information content (AvgIpc) is 3.45. The van der Waals surface area contributed by atoms with Gasteiger partial charge in [0.15, 0.2) is 0 Å². The van der Waals surface area contributed by atoms with Gasteiger partial charge in [0.25, 0.3) is 5.56 Å². The van der Waals surface area contributed by atoms with Crippen LogP contribution in [0.5, 0.6) is 0 Å². The Balaban J connectivity index is 2.21. The first-order valence-corrected chi connectivity index (χ1v) is 9.57. The van der Waals surface area contributed by atoms with E-state index in [-0.39, 0.29) is 17.3 Å². The minimum atomic E-state index is -0.690. The number of halogens is 2. The van der Waals surface area contributed by atoms with Crippen molar-refractivity contribution in [2.24, 2.45) is 11.7 Å². The van der Waals surface area contributed by atoms with Gasteiger partial charge in [0, 0.05) is 31.1 Å². The number of aromatic nitrogens is 2. The number of anilines is 1. The van der Waals surface area contributed by atoms with Gasteiger partial charge in [-0.1, -0.05) is 0 Å². The standard InChI is InChI=1S/C18H25ClFN5O2/c1-10-15-13(17(26)25(22)18(27)24(15)12-3-4-12)7-14(20)16(10)23(2)9-11(8-21)5-6-19/h7,11-12H,3-6,8-9,21-22H2,1-2H3. The summed E-state index contributed by atoms with van der Waals surface area (Å²) in [4.78, 5) is 26.8. The number of hydrogen-bond donors (Lipinski definition) is 2. The Morgan fingerprint density at radius 1 is 1.41 bits per heavy atom. The highest BCUT2D eigenvalue weighted by Crippen LogP contribution is 2.38. The molecule has 0 spiro atoms. The molecule has 7 nitrogen and oxygen atoms in total. The minimum Gasteiger partial charge on any atom is -0.372 e. The van der Waals surface area contributed by atoms with Crippen molar-refractivity contribution < 1.29 is 4.39 Å². The number of rotatable bonds is 7. The highest BCUT2D eigenvalue weighted by atomic mass is 35.5. The number of nitrogens with zero attached hydrogens (tertiary/aromatic N) is 3. The topological polar surface area (TPSA) is 99.3 Å². The van der Waals surface area contributed by atoms with E-state index in [9.17, 15) is 14.0 Å². The van der Waals surface area contributed by atoms with Crippen LogP contribution in [0.4, 0.5) is 10.1 Å². The molecule has 1 aromatic carbocycles. The van der Waals surface area contributed by atoms with Crippen LogP contribution < -0.4 is 27.7 Å². The lowest BCUT2D eigenvalue weighted by Crippen LogP contribution is -2.44. The summed E-state index contributed by atoms with van der Waals surface area (Å²) in [6.45, 7) is 2.69. The van der Waals surface area contributed by atoms with Crippen LogP contribution in [0, 0.1) is 18.7 Å². The van der Waals surface area contributed by atoms with Crippen LogP contribution in [0.3, 0.4) is 0 Å². The molecule has 1 aromatic heterocycles. The molecule has 1 aliphatic rings. The van der Waals surface area contributed by atoms with Gasteiger partial charge < -0.3 is 16.5 Å². The molecule has 0 bridgehead atoms. The lowest BCUT2D eigenvalue weighted by Gasteiger charge is -2.27. The van der Waals surface area contributed by atoms with Crippen LogP contribution in [-0.4, -0.2) is 35.3 Å². The second kappa shape index (κ2) is 7.52. The summed E-state index contributed by atoms with van der Waals surface area (Å²) in [6.07, 6.45) is 2.39. The summed E-state index contributed by atoms with van der Waals surface area (Å²) in [5.41, 5.74) is 5.91. The van der Waals surface area contributed by atoms with Gasteiger partial charge in [0.2, 0.25) is 0 Å². The minimum absolute atomic E-state index is 0.00856. The van der Waals surface area contributed by atoms with Gasteiger partial charge in [0.05, 0.1) is 16.6 Å². The quantitative estimate of drug-likeness (QED) is 0.542. The zero-order valence-electron chi connectivity index (χ0n) is 15.5. The molecule has 27 heavy (non-hydrogen) atoms. The SMILES string of the molecule is Cc1c(N(C)CC(CN)CCCl)c(F)cc2c(=O)n(N)c(=O)n(C3CC3)c12. The van der Waals surface area contributed by atoms with Crippen molar-refractivity contribution in [1.82, 2.24) is 9.24 Å². The van der Waals surface area contributed by atoms with Crippen LogP contribution in [0.1, 0.15) is 30.9 Å². The molecular formula is C18H25ClFN5O2. The maximum absolute atomic E-state index is 15.0. The van der Waals surface area contributed by atoms with E-state index < -0.39 is 17.1 Å². The second-order valence-corrected chi connectivity index (χ2v) is 7.62. The molecule has 0 aliphatic heterocycles. The molecule has 3 rings (SSSR count). The molecular weight excluding hydrogens is 373 g/mol. The number of fused-ring (bicyclic) bond motifs is 1. The number of aryl methyl sites for hydroxylation is 1. The molecule has 1 saturated carbocycles. The zero-order valence-corrected chi connectivity index (χ0v) is 16.3. The summed E-state index contributed by atoms with van der Waals surface area (Å²) in [7, 11) is 1.78. The van der Waals surface area contributed by atoms with E-state index in [1.165, 1.54) is 10.6 Å². The fourth-order valence-electron chi connectivity index (χ4n) is 3.72. The molecule has 1 unspecified atom stereocenters. The fourth-order valence-corrected chi connectivity index (χ4v) is 4.02. The Bertz CT molecular complexity index is 983. The number of alkyl halides is 1. The molecule has 4 N–H and O–H groups in total. The molecule has 0 saturated heterocycles. The van der Waals surface area contributed by atoms with E-state index in [2.05, 4.69) is 0 Å². The molecule has 1 atom stereocenters. The summed E-state index contributed by atoms with van der Waals surface area (Å²) in [6, 6.07) is 1.17. The van der Waals surface area contributed by atoms with Gasteiger partial charge in [0.1, 0.15) is 5.82 Å². The van der Waals surface area contributed by atoms with Gasteiger partial charge in [-0.3, -0.25) is 9.36 Å². The molecule has 0 amide bonds. The summed E-state index contributed by atoms with van der Waals surface area (Å²) in [5.74, 6) is 5.71. The summed E-state index contributed by atoms with van der Waals surface area (Å²) >= 11 is 5.82. The van der Waals surface area contributed by atoms with Crippen LogP contribution in [0.25, 0.3) is 10.9 Å². The van der Waals surface area contributed by atoms with Gasteiger partial charge >= 0.3 is 5.69 Å². The average molecular weight is 398 g/mol. The molecule has 1 heterocycles. The van der Waals surface area contributed by atoms with Crippen LogP contribution in [-0.2, 0) is 0 Å². The number of hydrogen-bond acceptors (Lipinski definition) is 5. The highest BCUT2D eigenvalue weighted by molar-refractivity contribution is 6.17. The van der Waals surface area contributed by atoms with E-state index in [0.717, 1.165) is 19.3 Å². The predicted octanol–water partition coefficient (Wildman–Crippen LogP) is 1.30. The van der Waals surface area contributed by atoms with Gasteiger partial charge in [-0.05, 0) is 44.7 Å². The van der Waals surface area contributed by atoms with Crippen molar-refractivity contribution in [1.29, 1.82) is 0 Å². The van der Waals surface area contributed by atoms with Crippen LogP contribution in [0.15, 0.2) is 15.7 Å². The molecule has 148 valence electrons. The van der Waals surface area contributed by atoms with Crippen molar-refractivity contribution in [2.45, 2.75) is 32.2 Å². The van der Waals surface area contributed by atoms with Gasteiger partial charge in [-0.2, -0.15) is 4.68 Å². The Kier molecular flexibility index (Phi) is 5.48. The Morgan fingerprint density at radius 3 is 2.63 bits per heavy atom. The highest BCUT2D eigenvalue weighted by Gasteiger charge is 2.30. The molecule has 1 fully saturated rings. The van der Waals surface area contributed by atoms with E-state index in [1.807, 2.05) is 0 Å². The summed E-state index contributed by atoms with van der Waals surface area (Å²) < 4.78 is 17.0. The van der Waals surface area contributed by atoms with E-state index in [4.69, 9.17) is 23.2 Å². The maximum atomic E-state index is 15.0. The van der Waals surface area contributed by atoms with Crippen LogP contribution in [0.2, 0.25) is 0 Å². The lowest BCUT2D eigenvalue weighted by molar-refractivity contribution is 0.517. The van der Waals surface area contributed by atoms with E-state index in [0.29, 0.717) is 40.4 Å². The Morgan fingerprint density at radius 2 is 2.07 bits per heavy atom. The number of benzene rings is 1. The van der Waals surface area contributed by atoms with Crippen LogP contribution >= 0.6 is 11.6 Å². The fraction of sp³-hybridized carbons (Fsp3) is 0.556. The molecule has 9 heteroatoms. The van der Waals surface area contributed by atoms with Crippen molar-refractivity contribution in [3.05, 3.63) is 38.3 Å². The third-order valence-corrected chi connectivity index (χ3v) is 5.46. The van der Waals surface area contributed by atoms with E-state index in [1.54, 1.807) is 18.9 Å². The first-order valence-electron chi connectivity index (χ1n) is 9.04. The maximum Gasteiger partial charge on any atom is 0.350 e. The summed E-state index contributed by atoms with van der Waals surface area (Å²) in [5, 5.41) is 0.118. The normalized spacial score (nSPS) is 15.3. The first-order chi connectivity index (χ1) is 12.8. The molecule has 1 aliphatic carbocycles. The molecule has 0 radical (unpaired) electrons.